The number of aryl methyl sites for hydroxylation is 2. The van der Waals surface area contributed by atoms with Crippen molar-refractivity contribution >= 4 is 11.0 Å². The standard InChI is InChI=1S/C9H10N2O/c1-3-7-5-4-6(2)8-9(7)11-12-10-8/h4-5H,3H2,1-2H3. The fourth-order valence-electron chi connectivity index (χ4n) is 1.33. The molecule has 1 aromatic carbocycles. The van der Waals surface area contributed by atoms with Gasteiger partial charge in [0.15, 0.2) is 0 Å². The summed E-state index contributed by atoms with van der Waals surface area (Å²) < 4.78 is 4.69. The molecule has 0 fully saturated rings. The zero-order valence-electron chi connectivity index (χ0n) is 7.16. The van der Waals surface area contributed by atoms with Gasteiger partial charge in [-0.05, 0) is 34.8 Å². The Labute approximate surface area is 70.3 Å². The van der Waals surface area contributed by atoms with Gasteiger partial charge in [-0.2, -0.15) is 0 Å². The van der Waals surface area contributed by atoms with Crippen molar-refractivity contribution in [2.45, 2.75) is 20.3 Å². The van der Waals surface area contributed by atoms with Crippen molar-refractivity contribution < 1.29 is 4.63 Å². The summed E-state index contributed by atoms with van der Waals surface area (Å²) in [5.41, 5.74) is 4.09. The second kappa shape index (κ2) is 2.59. The maximum absolute atomic E-state index is 4.69. The van der Waals surface area contributed by atoms with Gasteiger partial charge in [0.05, 0.1) is 0 Å². The van der Waals surface area contributed by atoms with Crippen LogP contribution in [-0.4, -0.2) is 10.3 Å². The Kier molecular flexibility index (Phi) is 1.57. The lowest BCUT2D eigenvalue weighted by Crippen LogP contribution is -1.84. The van der Waals surface area contributed by atoms with Crippen LogP contribution < -0.4 is 0 Å². The van der Waals surface area contributed by atoms with E-state index in [0.29, 0.717) is 0 Å². The molecule has 0 saturated carbocycles. The molecular weight excluding hydrogens is 152 g/mol. The first kappa shape index (κ1) is 7.28. The third-order valence-electron chi connectivity index (χ3n) is 2.08. The van der Waals surface area contributed by atoms with E-state index in [0.717, 1.165) is 23.0 Å². The number of aromatic nitrogens is 2. The molecule has 0 unspecified atom stereocenters. The molecule has 0 amide bonds. The molecule has 0 spiro atoms. The Morgan fingerprint density at radius 1 is 1.25 bits per heavy atom. The van der Waals surface area contributed by atoms with Gasteiger partial charge in [0, 0.05) is 0 Å². The number of hydrogen-bond donors (Lipinski definition) is 0. The van der Waals surface area contributed by atoms with Gasteiger partial charge in [0.25, 0.3) is 0 Å². The van der Waals surface area contributed by atoms with Crippen molar-refractivity contribution in [3.63, 3.8) is 0 Å². The summed E-state index contributed by atoms with van der Waals surface area (Å²) in [7, 11) is 0. The lowest BCUT2D eigenvalue weighted by Gasteiger charge is -1.96. The minimum Gasteiger partial charge on any atom is -0.243 e. The highest BCUT2D eigenvalue weighted by Gasteiger charge is 2.06. The summed E-state index contributed by atoms with van der Waals surface area (Å²) in [5, 5.41) is 7.70. The van der Waals surface area contributed by atoms with Crippen molar-refractivity contribution in [1.29, 1.82) is 0 Å². The van der Waals surface area contributed by atoms with Gasteiger partial charge in [-0.3, -0.25) is 0 Å². The summed E-state index contributed by atoms with van der Waals surface area (Å²) in [6.45, 7) is 4.10. The Balaban J connectivity index is 2.82. The van der Waals surface area contributed by atoms with Crippen LogP contribution in [0.3, 0.4) is 0 Å². The maximum atomic E-state index is 4.69. The normalized spacial score (nSPS) is 10.8. The summed E-state index contributed by atoms with van der Waals surface area (Å²) in [4.78, 5) is 0. The van der Waals surface area contributed by atoms with Crippen LogP contribution in [0.2, 0.25) is 0 Å². The van der Waals surface area contributed by atoms with Crippen molar-refractivity contribution in [2.24, 2.45) is 0 Å². The van der Waals surface area contributed by atoms with E-state index >= 15 is 0 Å². The smallest absolute Gasteiger partial charge is 0.138 e. The van der Waals surface area contributed by atoms with Gasteiger partial charge in [-0.25, -0.2) is 4.63 Å². The molecule has 0 saturated heterocycles. The predicted octanol–water partition coefficient (Wildman–Crippen LogP) is 2.09. The molecule has 0 aliphatic rings. The van der Waals surface area contributed by atoms with Gasteiger partial charge in [0.2, 0.25) is 0 Å². The van der Waals surface area contributed by atoms with E-state index in [4.69, 9.17) is 0 Å². The van der Waals surface area contributed by atoms with E-state index in [-0.39, 0.29) is 0 Å². The first-order valence-corrected chi connectivity index (χ1v) is 4.03. The monoisotopic (exact) mass is 162 g/mol. The first-order valence-electron chi connectivity index (χ1n) is 4.03. The molecular formula is C9H10N2O. The fourth-order valence-corrected chi connectivity index (χ4v) is 1.33. The second-order valence-electron chi connectivity index (χ2n) is 2.86. The lowest BCUT2D eigenvalue weighted by atomic mass is 10.1. The highest BCUT2D eigenvalue weighted by Crippen LogP contribution is 2.18. The van der Waals surface area contributed by atoms with E-state index in [1.807, 2.05) is 13.0 Å². The average molecular weight is 162 g/mol. The van der Waals surface area contributed by atoms with Crippen LogP contribution in [0.5, 0.6) is 0 Å². The Morgan fingerprint density at radius 3 is 2.75 bits per heavy atom. The van der Waals surface area contributed by atoms with Gasteiger partial charge in [-0.15, -0.1) is 0 Å². The molecule has 0 atom stereocenters. The highest BCUT2D eigenvalue weighted by atomic mass is 16.6. The zero-order valence-corrected chi connectivity index (χ0v) is 7.16. The zero-order chi connectivity index (χ0) is 8.55. The fraction of sp³-hybridized carbons (Fsp3) is 0.333. The average Bonchev–Trinajstić information content (AvgIpc) is 2.54. The molecule has 1 heterocycles. The Bertz CT molecular complexity index is 406. The van der Waals surface area contributed by atoms with Gasteiger partial charge in [0.1, 0.15) is 11.0 Å². The molecule has 0 bridgehead atoms. The largest absolute Gasteiger partial charge is 0.243 e. The molecule has 1 aromatic heterocycles. The Morgan fingerprint density at radius 2 is 2.00 bits per heavy atom. The van der Waals surface area contributed by atoms with Crippen LogP contribution in [-0.2, 0) is 6.42 Å². The van der Waals surface area contributed by atoms with E-state index < -0.39 is 0 Å². The molecule has 2 aromatic rings. The molecule has 0 radical (unpaired) electrons. The number of hydrogen-bond acceptors (Lipinski definition) is 3. The number of benzene rings is 1. The van der Waals surface area contributed by atoms with Gasteiger partial charge in [-0.1, -0.05) is 19.1 Å². The molecule has 2 rings (SSSR count). The van der Waals surface area contributed by atoms with Crippen molar-refractivity contribution in [2.75, 3.05) is 0 Å². The molecule has 0 aliphatic heterocycles. The molecule has 3 nitrogen and oxygen atoms in total. The molecule has 62 valence electrons. The topological polar surface area (TPSA) is 38.9 Å². The summed E-state index contributed by atoms with van der Waals surface area (Å²) in [5.74, 6) is 0. The van der Waals surface area contributed by atoms with Crippen molar-refractivity contribution in [3.05, 3.63) is 23.3 Å². The highest BCUT2D eigenvalue weighted by molar-refractivity contribution is 5.80. The van der Waals surface area contributed by atoms with Crippen LogP contribution in [0, 0.1) is 6.92 Å². The second-order valence-corrected chi connectivity index (χ2v) is 2.86. The van der Waals surface area contributed by atoms with Crippen LogP contribution in [0.1, 0.15) is 18.1 Å². The third-order valence-corrected chi connectivity index (χ3v) is 2.08. The van der Waals surface area contributed by atoms with Crippen LogP contribution in [0.15, 0.2) is 16.8 Å². The number of nitrogens with zero attached hydrogens (tertiary/aromatic N) is 2. The number of rotatable bonds is 1. The minimum absolute atomic E-state index is 0.884. The predicted molar refractivity (Wildman–Crippen MR) is 45.9 cm³/mol. The van der Waals surface area contributed by atoms with Gasteiger partial charge < -0.3 is 0 Å². The minimum atomic E-state index is 0.884. The molecule has 0 aliphatic carbocycles. The third kappa shape index (κ3) is 0.897. The maximum Gasteiger partial charge on any atom is 0.138 e. The quantitative estimate of drug-likeness (QED) is 0.644. The Hall–Kier alpha value is -1.38. The van der Waals surface area contributed by atoms with E-state index in [2.05, 4.69) is 27.9 Å². The van der Waals surface area contributed by atoms with E-state index in [1.54, 1.807) is 0 Å². The van der Waals surface area contributed by atoms with Crippen LogP contribution >= 0.6 is 0 Å². The summed E-state index contributed by atoms with van der Waals surface area (Å²) in [6, 6.07) is 4.12. The van der Waals surface area contributed by atoms with Crippen LogP contribution in [0.25, 0.3) is 11.0 Å². The van der Waals surface area contributed by atoms with E-state index in [9.17, 15) is 0 Å². The molecule has 12 heavy (non-hydrogen) atoms. The molecule has 0 N–H and O–H groups in total. The lowest BCUT2D eigenvalue weighted by molar-refractivity contribution is 0.315. The molecule has 3 heteroatoms. The summed E-state index contributed by atoms with van der Waals surface area (Å²) >= 11 is 0. The van der Waals surface area contributed by atoms with Crippen LogP contribution in [0.4, 0.5) is 0 Å². The first-order chi connectivity index (χ1) is 5.83. The van der Waals surface area contributed by atoms with Crippen molar-refractivity contribution in [1.82, 2.24) is 10.3 Å². The van der Waals surface area contributed by atoms with Gasteiger partial charge >= 0.3 is 0 Å². The summed E-state index contributed by atoms with van der Waals surface area (Å²) in [6.07, 6.45) is 0.963. The van der Waals surface area contributed by atoms with E-state index in [1.165, 1.54) is 5.56 Å². The number of fused-ring (bicyclic) bond motifs is 1. The SMILES string of the molecule is CCc1ccc(C)c2nonc12. The van der Waals surface area contributed by atoms with Crippen molar-refractivity contribution in [3.8, 4) is 0 Å².